The van der Waals surface area contributed by atoms with Crippen LogP contribution in [-0.4, -0.2) is 75.9 Å². The summed E-state index contributed by atoms with van der Waals surface area (Å²) in [6, 6.07) is 0. The minimum atomic E-state index is -0.385. The lowest BCUT2D eigenvalue weighted by Crippen LogP contribution is -2.18. The second-order valence-electron chi connectivity index (χ2n) is 4.25. The van der Waals surface area contributed by atoms with Gasteiger partial charge in [-0.15, -0.1) is 0 Å². The van der Waals surface area contributed by atoms with Gasteiger partial charge < -0.3 is 18.9 Å². The molecule has 0 radical (unpaired) electrons. The summed E-state index contributed by atoms with van der Waals surface area (Å²) in [5.41, 5.74) is 0. The van der Waals surface area contributed by atoms with Gasteiger partial charge in [0, 0.05) is 23.0 Å². The molecule has 0 spiro atoms. The van der Waals surface area contributed by atoms with Gasteiger partial charge in [0.1, 0.15) is 0 Å². The van der Waals surface area contributed by atoms with Crippen molar-refractivity contribution >= 4 is 21.4 Å². The Morgan fingerprint density at radius 3 is 0.950 bits per heavy atom. The van der Waals surface area contributed by atoms with Gasteiger partial charge in [0.2, 0.25) is 0 Å². The monoisotopic (exact) mass is 326 g/mol. The first-order valence-corrected chi connectivity index (χ1v) is 10.00. The minimum Gasteiger partial charge on any atom is -0.378 e. The molecule has 6 nitrogen and oxygen atoms in total. The zero-order valence-electron chi connectivity index (χ0n) is 11.9. The fourth-order valence-corrected chi connectivity index (χ4v) is 3.17. The molecule has 1 saturated heterocycles. The van der Waals surface area contributed by atoms with Crippen molar-refractivity contribution in [3.63, 3.8) is 0 Å². The van der Waals surface area contributed by atoms with E-state index in [9.17, 15) is 0 Å². The van der Waals surface area contributed by atoms with Crippen LogP contribution < -0.4 is 0 Å². The van der Waals surface area contributed by atoms with E-state index >= 15 is 0 Å². The van der Waals surface area contributed by atoms with Crippen LogP contribution >= 0.6 is 0 Å². The Labute approximate surface area is 126 Å². The zero-order valence-corrected chi connectivity index (χ0v) is 13.6. The fourth-order valence-electron chi connectivity index (χ4n) is 1.49. The van der Waals surface area contributed by atoms with E-state index in [-0.39, 0.29) is 21.4 Å². The van der Waals surface area contributed by atoms with Gasteiger partial charge in [-0.3, -0.25) is 9.56 Å². The second-order valence-corrected chi connectivity index (χ2v) is 7.86. The summed E-state index contributed by atoms with van der Waals surface area (Å²) in [5.74, 6) is 3.04. The Balaban J connectivity index is 2.19. The number of nitrogens with one attached hydrogen (secondary N) is 2. The molecule has 0 unspecified atom stereocenters. The van der Waals surface area contributed by atoms with Crippen LogP contribution in [0.1, 0.15) is 0 Å². The summed E-state index contributed by atoms with van der Waals surface area (Å²) in [6.45, 7) is 4.74. The SMILES string of the molecule is N=S1CCOCCOCCS(=N)CCOCCOCC1. The highest BCUT2D eigenvalue weighted by atomic mass is 32.2. The molecule has 0 bridgehead atoms. The molecule has 1 aliphatic rings. The number of ether oxygens (including phenoxy) is 4. The van der Waals surface area contributed by atoms with E-state index in [2.05, 4.69) is 0 Å². The Hall–Kier alpha value is 0.140. The van der Waals surface area contributed by atoms with Crippen LogP contribution in [0.5, 0.6) is 0 Å². The van der Waals surface area contributed by atoms with Crippen molar-refractivity contribution in [3.05, 3.63) is 0 Å². The average molecular weight is 326 g/mol. The quantitative estimate of drug-likeness (QED) is 0.690. The van der Waals surface area contributed by atoms with Gasteiger partial charge in [-0.25, -0.2) is 0 Å². The van der Waals surface area contributed by atoms with Crippen LogP contribution in [0.4, 0.5) is 0 Å². The molecule has 0 amide bonds. The summed E-state index contributed by atoms with van der Waals surface area (Å²) in [5, 5.41) is 0. The topological polar surface area (TPSA) is 84.6 Å². The lowest BCUT2D eigenvalue weighted by Gasteiger charge is -2.10. The molecule has 2 N–H and O–H groups in total. The van der Waals surface area contributed by atoms with Crippen molar-refractivity contribution < 1.29 is 18.9 Å². The highest BCUT2D eigenvalue weighted by Crippen LogP contribution is 1.91. The Kier molecular flexibility index (Phi) is 11.7. The predicted molar refractivity (Wildman–Crippen MR) is 82.9 cm³/mol. The maximum atomic E-state index is 7.85. The smallest absolute Gasteiger partial charge is 0.0700 e. The number of hydrogen-bond donors (Lipinski definition) is 2. The van der Waals surface area contributed by atoms with E-state index in [1.807, 2.05) is 0 Å². The summed E-state index contributed by atoms with van der Waals surface area (Å²) in [4.78, 5) is 0. The first-order chi connectivity index (χ1) is 9.79. The fraction of sp³-hybridized carbons (Fsp3) is 1.00. The molecule has 1 fully saturated rings. The maximum absolute atomic E-state index is 7.85. The van der Waals surface area contributed by atoms with Crippen molar-refractivity contribution in [3.8, 4) is 0 Å². The predicted octanol–water partition coefficient (Wildman–Crippen LogP) is 0.828. The Morgan fingerprint density at radius 1 is 0.450 bits per heavy atom. The van der Waals surface area contributed by atoms with E-state index in [4.69, 9.17) is 28.5 Å². The van der Waals surface area contributed by atoms with Gasteiger partial charge in [-0.1, -0.05) is 21.4 Å². The van der Waals surface area contributed by atoms with Crippen molar-refractivity contribution in [1.82, 2.24) is 0 Å². The molecule has 120 valence electrons. The lowest BCUT2D eigenvalue weighted by atomic mass is 10.7. The van der Waals surface area contributed by atoms with Crippen LogP contribution in [0.15, 0.2) is 0 Å². The normalized spacial score (nSPS) is 30.2. The van der Waals surface area contributed by atoms with Crippen molar-refractivity contribution in [2.24, 2.45) is 0 Å². The first-order valence-electron chi connectivity index (χ1n) is 6.87. The van der Waals surface area contributed by atoms with Crippen LogP contribution in [0.25, 0.3) is 0 Å². The van der Waals surface area contributed by atoms with Crippen LogP contribution in [-0.2, 0) is 40.3 Å². The lowest BCUT2D eigenvalue weighted by molar-refractivity contribution is 0.0576. The molecular formula is C12H26N2O4S2. The van der Waals surface area contributed by atoms with Gasteiger partial charge in [0.25, 0.3) is 0 Å². The van der Waals surface area contributed by atoms with Crippen LogP contribution in [0.3, 0.4) is 0 Å². The van der Waals surface area contributed by atoms with Crippen LogP contribution in [0, 0.1) is 9.56 Å². The average Bonchev–Trinajstić information content (AvgIpc) is 2.43. The van der Waals surface area contributed by atoms with Gasteiger partial charge in [-0.05, 0) is 0 Å². The molecule has 0 aromatic rings. The molecular weight excluding hydrogens is 300 g/mol. The van der Waals surface area contributed by atoms with Gasteiger partial charge in [-0.2, -0.15) is 0 Å². The van der Waals surface area contributed by atoms with E-state index in [1.54, 1.807) is 0 Å². The first kappa shape index (κ1) is 18.2. The molecule has 1 heterocycles. The van der Waals surface area contributed by atoms with E-state index in [1.165, 1.54) is 0 Å². The molecule has 0 aliphatic carbocycles. The summed E-state index contributed by atoms with van der Waals surface area (Å²) in [7, 11) is -0.770. The minimum absolute atomic E-state index is 0.385. The van der Waals surface area contributed by atoms with E-state index in [0.717, 1.165) is 23.0 Å². The van der Waals surface area contributed by atoms with Crippen molar-refractivity contribution in [1.29, 1.82) is 9.56 Å². The summed E-state index contributed by atoms with van der Waals surface area (Å²) in [6.07, 6.45) is 0. The number of rotatable bonds is 0. The molecule has 1 aliphatic heterocycles. The summed E-state index contributed by atoms with van der Waals surface area (Å²) < 4.78 is 37.4. The third-order valence-corrected chi connectivity index (χ3v) is 5.28. The molecule has 0 atom stereocenters. The summed E-state index contributed by atoms with van der Waals surface area (Å²) >= 11 is 0. The number of hydrogen-bond acceptors (Lipinski definition) is 6. The van der Waals surface area contributed by atoms with Gasteiger partial charge in [0.05, 0.1) is 52.9 Å². The molecule has 0 aromatic heterocycles. The third kappa shape index (κ3) is 10.9. The molecule has 8 heteroatoms. The third-order valence-electron chi connectivity index (χ3n) is 2.64. The van der Waals surface area contributed by atoms with Crippen LogP contribution in [0.2, 0.25) is 0 Å². The Morgan fingerprint density at radius 2 is 0.700 bits per heavy atom. The molecule has 0 aromatic carbocycles. The van der Waals surface area contributed by atoms with Crippen molar-refractivity contribution in [2.75, 3.05) is 75.9 Å². The molecule has 0 saturated carbocycles. The largest absolute Gasteiger partial charge is 0.378 e. The van der Waals surface area contributed by atoms with Gasteiger partial charge >= 0.3 is 0 Å². The highest BCUT2D eigenvalue weighted by Gasteiger charge is 2.00. The zero-order chi connectivity index (χ0) is 14.5. The second kappa shape index (κ2) is 12.8. The Bertz CT molecular complexity index is 241. The maximum Gasteiger partial charge on any atom is 0.0700 e. The van der Waals surface area contributed by atoms with Crippen molar-refractivity contribution in [2.45, 2.75) is 0 Å². The van der Waals surface area contributed by atoms with E-state index in [0.29, 0.717) is 52.9 Å². The van der Waals surface area contributed by atoms with E-state index < -0.39 is 0 Å². The molecule has 1 rings (SSSR count). The molecule has 20 heavy (non-hydrogen) atoms. The highest BCUT2D eigenvalue weighted by molar-refractivity contribution is 7.86. The van der Waals surface area contributed by atoms with Gasteiger partial charge in [0.15, 0.2) is 0 Å². The standard InChI is InChI=1S/C12H26N2O4S2/c13-19-9-5-15-1-2-16-6-10-20(14)12-8-18-4-3-17-7-11-19/h13-14H,1-12H2.